The Morgan fingerprint density at radius 1 is 1.10 bits per heavy atom. The maximum absolute atomic E-state index is 5.84. The van der Waals surface area contributed by atoms with Crippen molar-refractivity contribution in [1.29, 1.82) is 0 Å². The SMILES string of the molecule is CCOc1nc(Cl)nc(NCc2ccccc2CC)n1. The third-order valence-electron chi connectivity index (χ3n) is 2.80. The molecule has 0 fully saturated rings. The predicted molar refractivity (Wildman–Crippen MR) is 79.2 cm³/mol. The lowest BCUT2D eigenvalue weighted by Crippen LogP contribution is -2.08. The summed E-state index contributed by atoms with van der Waals surface area (Å²) in [5.74, 6) is 0.416. The summed E-state index contributed by atoms with van der Waals surface area (Å²) in [7, 11) is 0. The Bertz CT molecular complexity index is 577. The van der Waals surface area contributed by atoms with Crippen LogP contribution in [-0.2, 0) is 13.0 Å². The lowest BCUT2D eigenvalue weighted by molar-refractivity contribution is 0.312. The monoisotopic (exact) mass is 292 g/mol. The van der Waals surface area contributed by atoms with E-state index in [0.717, 1.165) is 6.42 Å². The number of hydrogen-bond acceptors (Lipinski definition) is 5. The van der Waals surface area contributed by atoms with Gasteiger partial charge in [-0.1, -0.05) is 31.2 Å². The highest BCUT2D eigenvalue weighted by atomic mass is 35.5. The van der Waals surface area contributed by atoms with Crippen LogP contribution in [-0.4, -0.2) is 21.6 Å². The highest BCUT2D eigenvalue weighted by Crippen LogP contribution is 2.14. The first-order valence-corrected chi connectivity index (χ1v) is 6.95. The van der Waals surface area contributed by atoms with Gasteiger partial charge in [-0.3, -0.25) is 0 Å². The van der Waals surface area contributed by atoms with Gasteiger partial charge in [-0.25, -0.2) is 0 Å². The van der Waals surface area contributed by atoms with E-state index in [9.17, 15) is 0 Å². The van der Waals surface area contributed by atoms with Crippen molar-refractivity contribution in [2.24, 2.45) is 0 Å². The first-order valence-electron chi connectivity index (χ1n) is 6.58. The number of anilines is 1. The standard InChI is InChI=1S/C14H17ClN4O/c1-3-10-7-5-6-8-11(10)9-16-13-17-12(15)18-14(19-13)20-4-2/h5-8H,3-4,9H2,1-2H3,(H,16,17,18,19). The van der Waals surface area contributed by atoms with E-state index in [1.54, 1.807) is 0 Å². The molecule has 0 spiro atoms. The van der Waals surface area contributed by atoms with Crippen LogP contribution in [0.5, 0.6) is 6.01 Å². The summed E-state index contributed by atoms with van der Waals surface area (Å²) >= 11 is 5.84. The van der Waals surface area contributed by atoms with Gasteiger partial charge in [-0.2, -0.15) is 15.0 Å². The molecule has 0 radical (unpaired) electrons. The van der Waals surface area contributed by atoms with E-state index in [2.05, 4.69) is 39.3 Å². The maximum Gasteiger partial charge on any atom is 0.322 e. The molecule has 0 amide bonds. The van der Waals surface area contributed by atoms with Gasteiger partial charge in [0.2, 0.25) is 11.2 Å². The molecule has 5 nitrogen and oxygen atoms in total. The maximum atomic E-state index is 5.84. The third kappa shape index (κ3) is 3.81. The predicted octanol–water partition coefficient (Wildman–Crippen LogP) is 3.10. The Morgan fingerprint density at radius 3 is 2.55 bits per heavy atom. The van der Waals surface area contributed by atoms with Crippen LogP contribution in [0, 0.1) is 0 Å². The molecule has 0 atom stereocenters. The normalized spacial score (nSPS) is 10.3. The van der Waals surface area contributed by atoms with Crippen molar-refractivity contribution in [3.8, 4) is 6.01 Å². The van der Waals surface area contributed by atoms with E-state index in [4.69, 9.17) is 16.3 Å². The van der Waals surface area contributed by atoms with E-state index in [0.29, 0.717) is 19.1 Å². The Balaban J connectivity index is 2.10. The van der Waals surface area contributed by atoms with Crippen molar-refractivity contribution >= 4 is 17.5 Å². The van der Waals surface area contributed by atoms with E-state index < -0.39 is 0 Å². The highest BCUT2D eigenvalue weighted by molar-refractivity contribution is 6.28. The fourth-order valence-electron chi connectivity index (χ4n) is 1.85. The van der Waals surface area contributed by atoms with Crippen molar-refractivity contribution < 1.29 is 4.74 Å². The van der Waals surface area contributed by atoms with Crippen LogP contribution >= 0.6 is 11.6 Å². The quantitative estimate of drug-likeness (QED) is 0.886. The molecule has 2 rings (SSSR count). The van der Waals surface area contributed by atoms with E-state index in [1.807, 2.05) is 19.1 Å². The van der Waals surface area contributed by atoms with Gasteiger partial charge in [-0.15, -0.1) is 0 Å². The van der Waals surface area contributed by atoms with Crippen LogP contribution in [0.25, 0.3) is 0 Å². The second-order valence-corrected chi connectivity index (χ2v) is 4.46. The average molecular weight is 293 g/mol. The van der Waals surface area contributed by atoms with Crippen LogP contribution in [0.2, 0.25) is 5.28 Å². The second kappa shape index (κ2) is 7.05. The fourth-order valence-corrected chi connectivity index (χ4v) is 2.01. The van der Waals surface area contributed by atoms with Gasteiger partial charge in [-0.05, 0) is 36.1 Å². The molecule has 0 saturated heterocycles. The smallest absolute Gasteiger partial charge is 0.322 e. The zero-order valence-corrected chi connectivity index (χ0v) is 12.3. The number of benzene rings is 1. The van der Waals surface area contributed by atoms with Crippen molar-refractivity contribution in [2.75, 3.05) is 11.9 Å². The summed E-state index contributed by atoms with van der Waals surface area (Å²) < 4.78 is 5.24. The number of rotatable bonds is 6. The van der Waals surface area contributed by atoms with Gasteiger partial charge >= 0.3 is 6.01 Å². The van der Waals surface area contributed by atoms with E-state index >= 15 is 0 Å². The van der Waals surface area contributed by atoms with Gasteiger partial charge in [0, 0.05) is 6.54 Å². The van der Waals surface area contributed by atoms with Gasteiger partial charge in [0.25, 0.3) is 0 Å². The molecule has 0 saturated carbocycles. The number of aromatic nitrogens is 3. The fraction of sp³-hybridized carbons (Fsp3) is 0.357. The molecular formula is C14H17ClN4O. The number of halogens is 1. The second-order valence-electron chi connectivity index (χ2n) is 4.12. The minimum Gasteiger partial charge on any atom is -0.464 e. The topological polar surface area (TPSA) is 59.9 Å². The van der Waals surface area contributed by atoms with Gasteiger partial charge < -0.3 is 10.1 Å². The van der Waals surface area contributed by atoms with Crippen LogP contribution in [0.3, 0.4) is 0 Å². The summed E-state index contributed by atoms with van der Waals surface area (Å²) in [6.07, 6.45) is 0.986. The molecule has 1 heterocycles. The van der Waals surface area contributed by atoms with Crippen molar-refractivity contribution in [3.05, 3.63) is 40.7 Å². The van der Waals surface area contributed by atoms with Crippen molar-refractivity contribution in [3.63, 3.8) is 0 Å². The van der Waals surface area contributed by atoms with Crippen LogP contribution in [0.1, 0.15) is 25.0 Å². The van der Waals surface area contributed by atoms with E-state index in [1.165, 1.54) is 11.1 Å². The highest BCUT2D eigenvalue weighted by Gasteiger charge is 2.06. The minimum absolute atomic E-state index is 0.120. The summed E-state index contributed by atoms with van der Waals surface area (Å²) in [6, 6.07) is 8.48. The van der Waals surface area contributed by atoms with Gasteiger partial charge in [0.1, 0.15) is 0 Å². The summed E-state index contributed by atoms with van der Waals surface area (Å²) in [5.41, 5.74) is 2.51. The number of nitrogens with one attached hydrogen (secondary N) is 1. The van der Waals surface area contributed by atoms with Crippen molar-refractivity contribution in [2.45, 2.75) is 26.8 Å². The largest absolute Gasteiger partial charge is 0.464 e. The van der Waals surface area contributed by atoms with Gasteiger partial charge in [0.15, 0.2) is 0 Å². The van der Waals surface area contributed by atoms with Crippen LogP contribution in [0.4, 0.5) is 5.95 Å². The molecule has 6 heteroatoms. The molecule has 0 aliphatic carbocycles. The van der Waals surface area contributed by atoms with Crippen LogP contribution < -0.4 is 10.1 Å². The lowest BCUT2D eigenvalue weighted by atomic mass is 10.1. The zero-order chi connectivity index (χ0) is 14.4. The molecule has 2 aromatic rings. The first kappa shape index (κ1) is 14.5. The molecule has 0 aliphatic heterocycles. The summed E-state index contributed by atoms with van der Waals surface area (Å²) in [4.78, 5) is 12.1. The Hall–Kier alpha value is -1.88. The molecule has 1 N–H and O–H groups in total. The molecule has 106 valence electrons. The minimum atomic E-state index is 0.120. The summed E-state index contributed by atoms with van der Waals surface area (Å²) in [6.45, 7) is 5.11. The number of aryl methyl sites for hydroxylation is 1. The molecule has 0 aliphatic rings. The molecule has 1 aromatic carbocycles. The molecule has 0 bridgehead atoms. The van der Waals surface area contributed by atoms with E-state index in [-0.39, 0.29) is 11.3 Å². The van der Waals surface area contributed by atoms with Gasteiger partial charge in [0.05, 0.1) is 6.61 Å². The third-order valence-corrected chi connectivity index (χ3v) is 2.97. The molecular weight excluding hydrogens is 276 g/mol. The number of ether oxygens (including phenoxy) is 1. The molecule has 20 heavy (non-hydrogen) atoms. The molecule has 1 aromatic heterocycles. The Labute approximate surface area is 123 Å². The Morgan fingerprint density at radius 2 is 1.85 bits per heavy atom. The van der Waals surface area contributed by atoms with Crippen LogP contribution in [0.15, 0.2) is 24.3 Å². The van der Waals surface area contributed by atoms with Crippen molar-refractivity contribution in [1.82, 2.24) is 15.0 Å². The number of nitrogens with zero attached hydrogens (tertiary/aromatic N) is 3. The zero-order valence-electron chi connectivity index (χ0n) is 11.6. The average Bonchev–Trinajstić information content (AvgIpc) is 2.45. The summed E-state index contributed by atoms with van der Waals surface area (Å²) in [5, 5.41) is 3.27. The lowest BCUT2D eigenvalue weighted by Gasteiger charge is -2.10. The molecule has 0 unspecified atom stereocenters. The number of hydrogen-bond donors (Lipinski definition) is 1. The first-order chi connectivity index (χ1) is 9.72. The Kier molecular flexibility index (Phi) is 5.12.